The van der Waals surface area contributed by atoms with Crippen molar-refractivity contribution >= 4 is 11.8 Å². The molecule has 0 saturated carbocycles. The molecule has 1 fully saturated rings. The van der Waals surface area contributed by atoms with Gasteiger partial charge in [-0.2, -0.15) is 17.6 Å². The van der Waals surface area contributed by atoms with Crippen molar-refractivity contribution in [3.8, 4) is 0 Å². The molecule has 0 spiro atoms. The van der Waals surface area contributed by atoms with Gasteiger partial charge in [-0.1, -0.05) is 0 Å². The van der Waals surface area contributed by atoms with Crippen LogP contribution < -0.4 is 0 Å². The molecule has 0 aliphatic carbocycles. The first-order chi connectivity index (χ1) is 15.4. The van der Waals surface area contributed by atoms with E-state index in [-0.39, 0.29) is 49.5 Å². The molecule has 2 aliphatic rings. The molecule has 1 unspecified atom stereocenters. The van der Waals surface area contributed by atoms with Crippen LogP contribution in [0.4, 0.5) is 30.7 Å². The van der Waals surface area contributed by atoms with Gasteiger partial charge in [0.25, 0.3) is 5.90 Å². The number of rotatable bonds is 7. The third-order valence-electron chi connectivity index (χ3n) is 5.42. The minimum Gasteiger partial charge on any atom is -0.419 e. The zero-order valence-electron chi connectivity index (χ0n) is 17.0. The molecule has 3 N–H and O–H groups in total. The normalized spacial score (nSPS) is 22.1. The summed E-state index contributed by atoms with van der Waals surface area (Å²) >= 11 is 0. The van der Waals surface area contributed by atoms with Crippen molar-refractivity contribution in [2.45, 2.75) is 37.6 Å². The van der Waals surface area contributed by atoms with Gasteiger partial charge in [-0.25, -0.2) is 13.2 Å². The van der Waals surface area contributed by atoms with Crippen molar-refractivity contribution < 1.29 is 45.3 Å². The Hall–Kier alpha value is -2.29. The highest BCUT2D eigenvalue weighted by Crippen LogP contribution is 2.35. The summed E-state index contributed by atoms with van der Waals surface area (Å²) in [6.07, 6.45) is -8.57. The van der Waals surface area contributed by atoms with Gasteiger partial charge in [0.2, 0.25) is 5.90 Å². The van der Waals surface area contributed by atoms with Crippen molar-refractivity contribution in [2.24, 2.45) is 0 Å². The fraction of sp³-hybridized carbons (Fsp3) is 0.579. The van der Waals surface area contributed by atoms with E-state index in [9.17, 15) is 35.8 Å². The molecule has 0 aromatic heterocycles. The van der Waals surface area contributed by atoms with Gasteiger partial charge in [0, 0.05) is 42.4 Å². The van der Waals surface area contributed by atoms with Gasteiger partial charge in [0.15, 0.2) is 0 Å². The number of aliphatic hydroxyl groups excluding tert-OH is 1. The zero-order chi connectivity index (χ0) is 24.5. The molecule has 2 aliphatic heterocycles. The number of morpholine rings is 1. The Bertz CT molecular complexity index is 902. The Kier molecular flexibility index (Phi) is 7.61. The molecule has 0 radical (unpaired) electrons. The van der Waals surface area contributed by atoms with Crippen LogP contribution in [0.15, 0.2) is 12.1 Å². The standard InChI is InChI=1S/C19H21F7N4O3/c20-13-4-9(15(27)33-16(28)14(21)22)3-11-12(13)6-30(17(11)31)5-10-7-32-2-1-29(10)8-19(25,26)18(23)24/h3-4,10,14,17-18,27-28,31H,1-2,5-8H2/t10-,17?/m0/s1. The monoisotopic (exact) mass is 486 g/mol. The summed E-state index contributed by atoms with van der Waals surface area (Å²) < 4.78 is 102. The summed E-state index contributed by atoms with van der Waals surface area (Å²) in [6.45, 7) is -1.52. The molecule has 2 atom stereocenters. The molecule has 33 heavy (non-hydrogen) atoms. The minimum atomic E-state index is -4.24. The maximum Gasteiger partial charge on any atom is 0.319 e. The average Bonchev–Trinajstić information content (AvgIpc) is 3.05. The molecular weight excluding hydrogens is 465 g/mol. The van der Waals surface area contributed by atoms with E-state index in [1.165, 1.54) is 4.90 Å². The van der Waals surface area contributed by atoms with Gasteiger partial charge in [-0.05, 0) is 12.1 Å². The van der Waals surface area contributed by atoms with E-state index in [0.717, 1.165) is 17.0 Å². The van der Waals surface area contributed by atoms with Crippen molar-refractivity contribution in [2.75, 3.05) is 32.8 Å². The topological polar surface area (TPSA) is 92.9 Å². The number of hydrogen-bond acceptors (Lipinski definition) is 7. The van der Waals surface area contributed by atoms with E-state index in [2.05, 4.69) is 4.74 Å². The van der Waals surface area contributed by atoms with Crippen LogP contribution in [-0.2, 0) is 16.0 Å². The van der Waals surface area contributed by atoms with Crippen molar-refractivity contribution in [3.05, 3.63) is 34.6 Å². The Balaban J connectivity index is 1.74. The smallest absolute Gasteiger partial charge is 0.319 e. The van der Waals surface area contributed by atoms with Crippen LogP contribution in [0.3, 0.4) is 0 Å². The first-order valence-electron chi connectivity index (χ1n) is 9.76. The summed E-state index contributed by atoms with van der Waals surface area (Å²) in [6, 6.07) is 1.18. The molecule has 1 aromatic carbocycles. The van der Waals surface area contributed by atoms with Crippen LogP contribution in [-0.4, -0.2) is 84.4 Å². The van der Waals surface area contributed by atoms with Crippen LogP contribution in [0, 0.1) is 16.6 Å². The SMILES string of the molecule is N=C(OC(=N)C(F)F)c1cc(F)c2c(c1)C(O)N(C[C@H]1COCCN1CC(F)(F)C(F)F)C2. The molecule has 0 amide bonds. The highest BCUT2D eigenvalue weighted by Gasteiger charge is 2.45. The Morgan fingerprint density at radius 3 is 2.55 bits per heavy atom. The van der Waals surface area contributed by atoms with Crippen LogP contribution >= 0.6 is 0 Å². The number of nitrogens with zero attached hydrogens (tertiary/aromatic N) is 2. The fourth-order valence-electron chi connectivity index (χ4n) is 3.73. The van der Waals surface area contributed by atoms with Gasteiger partial charge >= 0.3 is 18.8 Å². The quantitative estimate of drug-likeness (QED) is 0.313. The van der Waals surface area contributed by atoms with Gasteiger partial charge in [-0.3, -0.25) is 20.6 Å². The molecular formula is C19H21F7N4O3. The molecule has 7 nitrogen and oxygen atoms in total. The predicted molar refractivity (Wildman–Crippen MR) is 101 cm³/mol. The van der Waals surface area contributed by atoms with Gasteiger partial charge in [0.1, 0.15) is 12.0 Å². The largest absolute Gasteiger partial charge is 0.419 e. The molecule has 14 heteroatoms. The number of ether oxygens (including phenoxy) is 2. The summed E-state index contributed by atoms with van der Waals surface area (Å²) in [5.41, 5.74) is -0.260. The fourth-order valence-corrected chi connectivity index (χ4v) is 3.73. The minimum absolute atomic E-state index is 0.00288. The van der Waals surface area contributed by atoms with Gasteiger partial charge in [0.05, 0.1) is 19.8 Å². The van der Waals surface area contributed by atoms with E-state index in [1.54, 1.807) is 0 Å². The lowest BCUT2D eigenvalue weighted by Gasteiger charge is -2.39. The molecule has 1 saturated heterocycles. The first-order valence-corrected chi connectivity index (χ1v) is 9.76. The summed E-state index contributed by atoms with van der Waals surface area (Å²) in [5.74, 6) is -7.54. The Morgan fingerprint density at radius 1 is 1.21 bits per heavy atom. The maximum atomic E-state index is 14.6. The average molecular weight is 486 g/mol. The van der Waals surface area contributed by atoms with Gasteiger partial charge < -0.3 is 14.6 Å². The molecule has 0 bridgehead atoms. The second-order valence-corrected chi connectivity index (χ2v) is 7.69. The molecule has 2 heterocycles. The van der Waals surface area contributed by atoms with Crippen LogP contribution in [0.5, 0.6) is 0 Å². The molecule has 3 rings (SSSR count). The third-order valence-corrected chi connectivity index (χ3v) is 5.42. The predicted octanol–water partition coefficient (Wildman–Crippen LogP) is 2.82. The number of benzene rings is 1. The van der Waals surface area contributed by atoms with E-state index < -0.39 is 55.2 Å². The van der Waals surface area contributed by atoms with Crippen molar-refractivity contribution in [3.63, 3.8) is 0 Å². The van der Waals surface area contributed by atoms with Crippen LogP contribution in [0.1, 0.15) is 22.9 Å². The number of alkyl halides is 6. The van der Waals surface area contributed by atoms with E-state index in [0.29, 0.717) is 0 Å². The highest BCUT2D eigenvalue weighted by atomic mass is 19.3. The highest BCUT2D eigenvalue weighted by molar-refractivity contribution is 6.00. The van der Waals surface area contributed by atoms with Crippen molar-refractivity contribution in [1.29, 1.82) is 10.8 Å². The van der Waals surface area contributed by atoms with E-state index in [4.69, 9.17) is 15.6 Å². The second kappa shape index (κ2) is 9.91. The summed E-state index contributed by atoms with van der Waals surface area (Å²) in [7, 11) is 0. The third kappa shape index (κ3) is 5.62. The number of fused-ring (bicyclic) bond motifs is 1. The molecule has 1 aromatic rings. The van der Waals surface area contributed by atoms with Gasteiger partial charge in [-0.15, -0.1) is 0 Å². The first kappa shape index (κ1) is 25.3. The maximum absolute atomic E-state index is 14.6. The van der Waals surface area contributed by atoms with Crippen molar-refractivity contribution in [1.82, 2.24) is 9.80 Å². The lowest BCUT2D eigenvalue weighted by atomic mass is 10.0. The van der Waals surface area contributed by atoms with E-state index in [1.807, 2.05) is 0 Å². The Labute approximate surface area is 183 Å². The second-order valence-electron chi connectivity index (χ2n) is 7.69. The molecule has 184 valence electrons. The van der Waals surface area contributed by atoms with Crippen LogP contribution in [0.2, 0.25) is 0 Å². The number of aliphatic hydroxyl groups is 1. The van der Waals surface area contributed by atoms with Crippen LogP contribution in [0.25, 0.3) is 0 Å². The lowest BCUT2D eigenvalue weighted by molar-refractivity contribution is -0.159. The Morgan fingerprint density at radius 2 is 1.91 bits per heavy atom. The zero-order valence-corrected chi connectivity index (χ0v) is 17.0. The summed E-state index contributed by atoms with van der Waals surface area (Å²) in [5, 5.41) is 25.3. The number of hydrogen-bond donors (Lipinski definition) is 3. The van der Waals surface area contributed by atoms with E-state index >= 15 is 0 Å². The number of halogens is 7. The summed E-state index contributed by atoms with van der Waals surface area (Å²) in [4.78, 5) is 2.45. The number of nitrogens with one attached hydrogen (secondary N) is 2. The lowest BCUT2D eigenvalue weighted by Crippen LogP contribution is -2.55.